The lowest BCUT2D eigenvalue weighted by molar-refractivity contribution is -0.0500. The molecule has 3 aliphatic heterocycles. The van der Waals surface area contributed by atoms with Crippen molar-refractivity contribution < 1.29 is 30.5 Å². The Balaban J connectivity index is 1.22. The van der Waals surface area contributed by atoms with Crippen molar-refractivity contribution in [2.75, 3.05) is 25.1 Å². The molecular weight excluding hydrogens is 563 g/mol. The molecule has 0 saturated carbocycles. The summed E-state index contributed by atoms with van der Waals surface area (Å²) in [6, 6.07) is 11.1. The van der Waals surface area contributed by atoms with Crippen molar-refractivity contribution in [2.24, 2.45) is 0 Å². The van der Waals surface area contributed by atoms with Crippen molar-refractivity contribution in [3.05, 3.63) is 66.4 Å². The number of pyridine rings is 3. The van der Waals surface area contributed by atoms with Crippen LogP contribution >= 0.6 is 0 Å². The molecule has 3 aliphatic rings. The maximum Gasteiger partial charge on any atom is 0.534 e. The monoisotopic (exact) mass is 585 g/mol. The Kier molecular flexibility index (Phi) is 6.46. The predicted molar refractivity (Wildman–Crippen MR) is 139 cm³/mol. The first-order valence-electron chi connectivity index (χ1n) is 12.4. The van der Waals surface area contributed by atoms with Gasteiger partial charge >= 0.3 is 15.6 Å². The van der Waals surface area contributed by atoms with Crippen LogP contribution in [0.15, 0.2) is 55.1 Å². The molecule has 2 bridgehead atoms. The molecule has 7 heterocycles. The van der Waals surface area contributed by atoms with Crippen LogP contribution in [0.1, 0.15) is 17.7 Å². The van der Waals surface area contributed by atoms with Crippen LogP contribution in [0.2, 0.25) is 0 Å². The fourth-order valence-corrected chi connectivity index (χ4v) is 5.73. The van der Waals surface area contributed by atoms with Gasteiger partial charge in [0.05, 0.1) is 42.5 Å². The normalized spacial score (nSPS) is 19.0. The number of hydrogen-bond acceptors (Lipinski definition) is 10. The molecule has 0 aliphatic carbocycles. The summed E-state index contributed by atoms with van der Waals surface area (Å²) in [5.41, 5.74) is -3.53. The average molecular weight is 586 g/mol. The second-order valence-corrected chi connectivity index (χ2v) is 11.3. The lowest BCUT2D eigenvalue weighted by Crippen LogP contribution is -2.68. The van der Waals surface area contributed by atoms with E-state index in [9.17, 15) is 26.9 Å². The maximum absolute atomic E-state index is 12.9. The number of piperidine rings is 1. The third-order valence-corrected chi connectivity index (χ3v) is 8.28. The van der Waals surface area contributed by atoms with Crippen molar-refractivity contribution in [3.63, 3.8) is 0 Å². The number of fused-ring (bicyclic) bond motifs is 3. The van der Waals surface area contributed by atoms with Crippen LogP contribution < -0.4 is 13.8 Å². The molecule has 3 fully saturated rings. The molecule has 15 heteroatoms. The SMILES string of the molecule is COc1ccc(CN2C3CC2CN(c2ccc(-c4cc(OS(=O)(=O)C(F)(F)F)cn5ncc(C#N)c45)cn2)C3)nc1. The Morgan fingerprint density at radius 1 is 1.07 bits per heavy atom. The van der Waals surface area contributed by atoms with Crippen LogP contribution in [0.4, 0.5) is 19.0 Å². The van der Waals surface area contributed by atoms with Gasteiger partial charge in [-0.1, -0.05) is 0 Å². The third-order valence-electron chi connectivity index (χ3n) is 7.30. The average Bonchev–Trinajstić information content (AvgIpc) is 3.38. The van der Waals surface area contributed by atoms with E-state index in [-0.39, 0.29) is 16.6 Å². The first kappa shape index (κ1) is 26.8. The Morgan fingerprint density at radius 2 is 1.85 bits per heavy atom. The van der Waals surface area contributed by atoms with E-state index in [1.807, 2.05) is 18.2 Å². The van der Waals surface area contributed by atoms with Gasteiger partial charge in [-0.2, -0.15) is 31.9 Å². The summed E-state index contributed by atoms with van der Waals surface area (Å²) in [4.78, 5) is 13.6. The quantitative estimate of drug-likeness (QED) is 0.235. The van der Waals surface area contributed by atoms with E-state index in [1.54, 1.807) is 25.4 Å². The van der Waals surface area contributed by atoms with E-state index in [0.717, 1.165) is 54.3 Å². The molecule has 4 aromatic rings. The summed E-state index contributed by atoms with van der Waals surface area (Å²) in [7, 11) is -4.31. The van der Waals surface area contributed by atoms with Gasteiger partial charge in [-0.15, -0.1) is 0 Å². The summed E-state index contributed by atoms with van der Waals surface area (Å²) in [6.07, 6.45) is 6.51. The largest absolute Gasteiger partial charge is 0.534 e. The molecule has 2 atom stereocenters. The van der Waals surface area contributed by atoms with Gasteiger partial charge in [0, 0.05) is 49.0 Å². The zero-order valence-corrected chi connectivity index (χ0v) is 22.3. The van der Waals surface area contributed by atoms with Crippen molar-refractivity contribution in [1.82, 2.24) is 24.5 Å². The third kappa shape index (κ3) is 4.89. The highest BCUT2D eigenvalue weighted by molar-refractivity contribution is 7.88. The van der Waals surface area contributed by atoms with Crippen molar-refractivity contribution in [3.8, 4) is 28.7 Å². The van der Waals surface area contributed by atoms with Gasteiger partial charge in [0.2, 0.25) is 0 Å². The highest BCUT2D eigenvalue weighted by atomic mass is 32.2. The van der Waals surface area contributed by atoms with E-state index in [1.165, 1.54) is 12.4 Å². The van der Waals surface area contributed by atoms with Crippen LogP contribution in [0, 0.1) is 11.3 Å². The Morgan fingerprint density at radius 3 is 2.46 bits per heavy atom. The number of ether oxygens (including phenoxy) is 1. The molecule has 3 saturated heterocycles. The lowest BCUT2D eigenvalue weighted by atomic mass is 9.87. The number of hydrogen-bond donors (Lipinski definition) is 0. The van der Waals surface area contributed by atoms with Crippen LogP contribution in [0.25, 0.3) is 16.6 Å². The summed E-state index contributed by atoms with van der Waals surface area (Å²) < 4.78 is 72.6. The number of halogens is 3. The topological polar surface area (TPSA) is 126 Å². The molecule has 4 aromatic heterocycles. The second-order valence-electron chi connectivity index (χ2n) is 9.75. The Hall–Kier alpha value is -4.42. The van der Waals surface area contributed by atoms with E-state index in [0.29, 0.717) is 23.4 Å². The van der Waals surface area contributed by atoms with Crippen LogP contribution in [-0.4, -0.2) is 70.7 Å². The minimum Gasteiger partial charge on any atom is -0.495 e. The van der Waals surface area contributed by atoms with Gasteiger partial charge in [0.25, 0.3) is 0 Å². The van der Waals surface area contributed by atoms with Gasteiger partial charge in [-0.3, -0.25) is 9.88 Å². The van der Waals surface area contributed by atoms with Gasteiger partial charge in [0.15, 0.2) is 5.75 Å². The Bertz CT molecular complexity index is 1740. The smallest absolute Gasteiger partial charge is 0.495 e. The summed E-state index contributed by atoms with van der Waals surface area (Å²) in [5, 5.41) is 13.5. The number of methoxy groups -OCH3 is 1. The molecule has 11 nitrogen and oxygen atoms in total. The zero-order chi connectivity index (χ0) is 28.9. The minimum atomic E-state index is -5.91. The molecule has 0 aromatic carbocycles. The van der Waals surface area contributed by atoms with E-state index >= 15 is 0 Å². The number of rotatable bonds is 7. The van der Waals surface area contributed by atoms with Crippen LogP contribution in [0.5, 0.6) is 11.5 Å². The van der Waals surface area contributed by atoms with Crippen molar-refractivity contribution in [1.29, 1.82) is 5.26 Å². The lowest BCUT2D eigenvalue weighted by Gasteiger charge is -2.56. The number of anilines is 1. The molecule has 2 unspecified atom stereocenters. The van der Waals surface area contributed by atoms with Gasteiger partial charge in [-0.05, 0) is 36.8 Å². The first-order chi connectivity index (χ1) is 19.6. The zero-order valence-electron chi connectivity index (χ0n) is 21.5. The number of aromatic nitrogens is 4. The maximum atomic E-state index is 12.9. The Labute approximate surface area is 232 Å². The van der Waals surface area contributed by atoms with E-state index < -0.39 is 21.4 Å². The van der Waals surface area contributed by atoms with E-state index in [4.69, 9.17) is 4.74 Å². The summed E-state index contributed by atoms with van der Waals surface area (Å²) in [5.74, 6) is 0.827. The highest BCUT2D eigenvalue weighted by Gasteiger charge is 2.49. The molecule has 212 valence electrons. The molecule has 0 radical (unpaired) electrons. The molecule has 7 rings (SSSR count). The van der Waals surface area contributed by atoms with Gasteiger partial charge in [0.1, 0.15) is 17.6 Å². The molecular formula is C26H22F3N7O4S. The molecule has 41 heavy (non-hydrogen) atoms. The summed E-state index contributed by atoms with van der Waals surface area (Å²) in [6.45, 7) is 2.27. The first-order valence-corrected chi connectivity index (χ1v) is 13.9. The van der Waals surface area contributed by atoms with Gasteiger partial charge < -0.3 is 13.8 Å². The number of piperazine rings is 1. The molecule has 0 spiro atoms. The fraction of sp³-hybridized carbons (Fsp3) is 0.308. The van der Waals surface area contributed by atoms with Crippen molar-refractivity contribution >= 4 is 21.5 Å². The fourth-order valence-electron chi connectivity index (χ4n) is 5.30. The van der Waals surface area contributed by atoms with Crippen LogP contribution in [0.3, 0.4) is 0 Å². The molecule has 0 N–H and O–H groups in total. The number of nitriles is 1. The minimum absolute atomic E-state index is 0.150. The summed E-state index contributed by atoms with van der Waals surface area (Å²) >= 11 is 0. The van der Waals surface area contributed by atoms with E-state index in [2.05, 4.69) is 29.0 Å². The molecule has 0 amide bonds. The standard InChI is InChI=1S/C26H22F3N7O4S/c1-39-21-4-3-18(31-11-21)12-35-19-6-20(35)14-34(13-19)24-5-2-16(9-32-24)23-7-22(40-41(37,38)26(27,28)29)15-36-25(23)17(8-30)10-33-36/h2-5,7,9-11,15,19-20H,6,12-14H2,1H3. The highest BCUT2D eigenvalue weighted by Crippen LogP contribution is 2.37. The number of nitrogens with zero attached hydrogens (tertiary/aromatic N) is 7. The van der Waals surface area contributed by atoms with Crippen LogP contribution in [-0.2, 0) is 16.7 Å². The number of alkyl halides is 3. The second kappa shape index (κ2) is 9.89. The van der Waals surface area contributed by atoms with Crippen molar-refractivity contribution in [2.45, 2.75) is 30.6 Å². The van der Waals surface area contributed by atoms with Gasteiger partial charge in [-0.25, -0.2) is 9.50 Å². The predicted octanol–water partition coefficient (Wildman–Crippen LogP) is 3.36.